The second kappa shape index (κ2) is 5.32. The van der Waals surface area contributed by atoms with Crippen LogP contribution in [0.3, 0.4) is 0 Å². The fraction of sp³-hybridized carbons (Fsp3) is 0. The van der Waals surface area contributed by atoms with Gasteiger partial charge in [-0.3, -0.25) is 4.79 Å². The number of carbonyl (C=O) groups is 1. The first kappa shape index (κ1) is 12.8. The number of aromatic nitrogens is 2. The highest BCUT2D eigenvalue weighted by molar-refractivity contribution is 9.10. The van der Waals surface area contributed by atoms with Gasteiger partial charge >= 0.3 is 0 Å². The van der Waals surface area contributed by atoms with E-state index in [2.05, 4.69) is 31.2 Å². The third kappa shape index (κ3) is 2.96. The molecule has 0 aliphatic rings. The van der Waals surface area contributed by atoms with Crippen LogP contribution in [-0.2, 0) is 0 Å². The predicted molar refractivity (Wildman–Crippen MR) is 70.8 cm³/mol. The molecule has 2 aromatic rings. The number of halogens is 2. The monoisotopic (exact) mass is 327 g/mol. The standard InChI is InChI=1S/C11H7BrClN3O2/c12-6-1-2-7(8(17)3-6)11(18)16-10-4-9(13)14-5-15-10/h1-5,17H,(H,14,15,16,18). The van der Waals surface area contributed by atoms with Crippen molar-refractivity contribution in [3.63, 3.8) is 0 Å². The van der Waals surface area contributed by atoms with Gasteiger partial charge in [-0.2, -0.15) is 0 Å². The molecule has 1 heterocycles. The van der Waals surface area contributed by atoms with Crippen LogP contribution in [0.4, 0.5) is 5.82 Å². The number of rotatable bonds is 2. The lowest BCUT2D eigenvalue weighted by molar-refractivity contribution is 0.102. The summed E-state index contributed by atoms with van der Waals surface area (Å²) in [5, 5.41) is 12.4. The molecule has 0 spiro atoms. The topological polar surface area (TPSA) is 75.1 Å². The summed E-state index contributed by atoms with van der Waals surface area (Å²) in [6.45, 7) is 0. The number of nitrogens with zero attached hydrogens (tertiary/aromatic N) is 2. The third-order valence-electron chi connectivity index (χ3n) is 2.08. The van der Waals surface area contributed by atoms with Crippen molar-refractivity contribution in [2.24, 2.45) is 0 Å². The zero-order valence-electron chi connectivity index (χ0n) is 8.89. The highest BCUT2D eigenvalue weighted by Gasteiger charge is 2.12. The quantitative estimate of drug-likeness (QED) is 0.831. The average molecular weight is 329 g/mol. The van der Waals surface area contributed by atoms with Crippen LogP contribution in [0.25, 0.3) is 0 Å². The Labute approximate surface area is 116 Å². The Morgan fingerprint density at radius 1 is 1.33 bits per heavy atom. The van der Waals surface area contributed by atoms with E-state index in [0.29, 0.717) is 4.47 Å². The van der Waals surface area contributed by atoms with Crippen molar-refractivity contribution in [3.8, 4) is 5.75 Å². The van der Waals surface area contributed by atoms with Crippen LogP contribution in [0.1, 0.15) is 10.4 Å². The molecule has 0 radical (unpaired) electrons. The van der Waals surface area contributed by atoms with E-state index >= 15 is 0 Å². The SMILES string of the molecule is O=C(Nc1cc(Cl)ncn1)c1ccc(Br)cc1O. The molecule has 92 valence electrons. The van der Waals surface area contributed by atoms with Crippen LogP contribution in [0.2, 0.25) is 5.15 Å². The molecule has 0 aliphatic carbocycles. The second-order valence-corrected chi connectivity index (χ2v) is 4.64. The van der Waals surface area contributed by atoms with E-state index in [-0.39, 0.29) is 22.3 Å². The Balaban J connectivity index is 2.22. The van der Waals surface area contributed by atoms with E-state index in [1.54, 1.807) is 6.07 Å². The largest absolute Gasteiger partial charge is 0.507 e. The Morgan fingerprint density at radius 3 is 2.78 bits per heavy atom. The molecule has 0 aliphatic heterocycles. The van der Waals surface area contributed by atoms with Crippen LogP contribution in [0.15, 0.2) is 35.1 Å². The van der Waals surface area contributed by atoms with Gasteiger partial charge in [0.1, 0.15) is 23.0 Å². The lowest BCUT2D eigenvalue weighted by atomic mass is 10.2. The fourth-order valence-corrected chi connectivity index (χ4v) is 1.78. The molecule has 2 rings (SSSR count). The van der Waals surface area contributed by atoms with Gasteiger partial charge < -0.3 is 10.4 Å². The first-order chi connectivity index (χ1) is 8.56. The summed E-state index contributed by atoms with van der Waals surface area (Å²) >= 11 is 8.86. The number of phenols is 1. The maximum absolute atomic E-state index is 11.9. The summed E-state index contributed by atoms with van der Waals surface area (Å²) in [5.74, 6) is -0.334. The number of amides is 1. The average Bonchev–Trinajstić information content (AvgIpc) is 2.28. The minimum absolute atomic E-state index is 0.123. The van der Waals surface area contributed by atoms with E-state index in [1.807, 2.05) is 0 Å². The summed E-state index contributed by atoms with van der Waals surface area (Å²) in [4.78, 5) is 19.4. The highest BCUT2D eigenvalue weighted by Crippen LogP contribution is 2.23. The lowest BCUT2D eigenvalue weighted by Crippen LogP contribution is -2.13. The molecule has 0 fully saturated rings. The van der Waals surface area contributed by atoms with Crippen molar-refractivity contribution in [2.45, 2.75) is 0 Å². The van der Waals surface area contributed by atoms with E-state index in [4.69, 9.17) is 11.6 Å². The van der Waals surface area contributed by atoms with Gasteiger partial charge in [0.05, 0.1) is 5.56 Å². The minimum atomic E-state index is -0.477. The van der Waals surface area contributed by atoms with Crippen LogP contribution in [-0.4, -0.2) is 21.0 Å². The van der Waals surface area contributed by atoms with Crippen LogP contribution in [0, 0.1) is 0 Å². The zero-order chi connectivity index (χ0) is 13.1. The van der Waals surface area contributed by atoms with Crippen molar-refractivity contribution >= 4 is 39.3 Å². The van der Waals surface area contributed by atoms with Crippen molar-refractivity contribution < 1.29 is 9.90 Å². The molecule has 18 heavy (non-hydrogen) atoms. The van der Waals surface area contributed by atoms with Gasteiger partial charge in [0.25, 0.3) is 5.91 Å². The maximum atomic E-state index is 11.9. The van der Waals surface area contributed by atoms with Gasteiger partial charge in [0, 0.05) is 10.5 Å². The molecule has 0 bridgehead atoms. The van der Waals surface area contributed by atoms with Crippen molar-refractivity contribution in [1.29, 1.82) is 0 Å². The summed E-state index contributed by atoms with van der Waals surface area (Å²) in [5.41, 5.74) is 0.146. The third-order valence-corrected chi connectivity index (χ3v) is 2.78. The van der Waals surface area contributed by atoms with E-state index in [1.165, 1.54) is 24.5 Å². The van der Waals surface area contributed by atoms with Crippen LogP contribution in [0.5, 0.6) is 5.75 Å². The van der Waals surface area contributed by atoms with Crippen LogP contribution < -0.4 is 5.32 Å². The Bertz CT molecular complexity index is 607. The molecular weight excluding hydrogens is 321 g/mol. The highest BCUT2D eigenvalue weighted by atomic mass is 79.9. The minimum Gasteiger partial charge on any atom is -0.507 e. The molecule has 1 aromatic heterocycles. The summed E-state index contributed by atoms with van der Waals surface area (Å²) in [7, 11) is 0. The Kier molecular flexibility index (Phi) is 3.78. The van der Waals surface area contributed by atoms with Gasteiger partial charge in [-0.1, -0.05) is 27.5 Å². The van der Waals surface area contributed by atoms with Gasteiger partial charge in [-0.05, 0) is 18.2 Å². The van der Waals surface area contributed by atoms with Crippen molar-refractivity contribution in [1.82, 2.24) is 9.97 Å². The van der Waals surface area contributed by atoms with E-state index in [9.17, 15) is 9.90 Å². The predicted octanol–water partition coefficient (Wildman–Crippen LogP) is 2.85. The molecule has 0 unspecified atom stereocenters. The van der Waals surface area contributed by atoms with E-state index < -0.39 is 5.91 Å². The number of carbonyl (C=O) groups excluding carboxylic acids is 1. The molecule has 5 nitrogen and oxygen atoms in total. The number of phenolic OH excluding ortho intramolecular Hbond substituents is 1. The molecule has 7 heteroatoms. The van der Waals surface area contributed by atoms with Gasteiger partial charge in [0.2, 0.25) is 0 Å². The van der Waals surface area contributed by atoms with Crippen molar-refractivity contribution in [3.05, 3.63) is 45.8 Å². The first-order valence-electron chi connectivity index (χ1n) is 4.83. The van der Waals surface area contributed by atoms with Crippen molar-refractivity contribution in [2.75, 3.05) is 5.32 Å². The molecule has 0 atom stereocenters. The molecule has 1 amide bonds. The Hall–Kier alpha value is -1.66. The number of nitrogens with one attached hydrogen (secondary N) is 1. The van der Waals surface area contributed by atoms with Crippen LogP contribution >= 0.6 is 27.5 Å². The summed E-state index contributed by atoms with van der Waals surface area (Å²) in [6, 6.07) is 6.00. The number of hydrogen-bond acceptors (Lipinski definition) is 4. The maximum Gasteiger partial charge on any atom is 0.260 e. The second-order valence-electron chi connectivity index (χ2n) is 3.34. The Morgan fingerprint density at radius 2 is 2.11 bits per heavy atom. The van der Waals surface area contributed by atoms with Gasteiger partial charge in [-0.15, -0.1) is 0 Å². The summed E-state index contributed by atoms with van der Waals surface area (Å²) in [6.07, 6.45) is 1.24. The van der Waals surface area contributed by atoms with Gasteiger partial charge in [-0.25, -0.2) is 9.97 Å². The molecule has 0 saturated carbocycles. The van der Waals surface area contributed by atoms with E-state index in [0.717, 1.165) is 0 Å². The fourth-order valence-electron chi connectivity index (χ4n) is 1.28. The number of anilines is 1. The number of aromatic hydroxyl groups is 1. The first-order valence-corrected chi connectivity index (χ1v) is 6.01. The molecule has 1 aromatic carbocycles. The molecule has 0 saturated heterocycles. The number of benzene rings is 1. The zero-order valence-corrected chi connectivity index (χ0v) is 11.2. The summed E-state index contributed by atoms with van der Waals surface area (Å²) < 4.78 is 0.682. The smallest absolute Gasteiger partial charge is 0.260 e. The normalized spacial score (nSPS) is 10.1. The molecular formula is C11H7BrClN3O2. The van der Waals surface area contributed by atoms with Gasteiger partial charge in [0.15, 0.2) is 0 Å². The lowest BCUT2D eigenvalue weighted by Gasteiger charge is -2.06. The molecule has 2 N–H and O–H groups in total. The number of hydrogen-bond donors (Lipinski definition) is 2.